The third-order valence-corrected chi connectivity index (χ3v) is 2.66. The molecule has 0 unspecified atom stereocenters. The molecule has 0 saturated carbocycles. The molecule has 0 aliphatic heterocycles. The van der Waals surface area contributed by atoms with Crippen LogP contribution < -0.4 is 5.32 Å². The highest BCUT2D eigenvalue weighted by Crippen LogP contribution is 2.27. The highest BCUT2D eigenvalue weighted by Gasteiger charge is 2.12. The number of phenolic OH excluding ortho intramolecular Hbond substituents is 2. The maximum atomic E-state index is 11.9. The molecular weight excluding hydrogens is 250 g/mol. The predicted molar refractivity (Wildman–Crippen MR) is 71.4 cm³/mol. The minimum absolute atomic E-state index is 0.0587. The molecule has 2 aromatic carbocycles. The normalized spacial score (nSPS) is 10.1. The Labute approximate surface area is 109 Å². The molecule has 0 aliphatic rings. The Hall–Kier alpha value is -2.14. The van der Waals surface area contributed by atoms with Crippen molar-refractivity contribution in [2.45, 2.75) is 4.90 Å². The summed E-state index contributed by atoms with van der Waals surface area (Å²) in [6.07, 6.45) is 0. The summed E-state index contributed by atoms with van der Waals surface area (Å²) in [6.45, 7) is 0. The molecule has 18 heavy (non-hydrogen) atoms. The van der Waals surface area contributed by atoms with Gasteiger partial charge in [-0.25, -0.2) is 0 Å². The Balaban J connectivity index is 2.27. The summed E-state index contributed by atoms with van der Waals surface area (Å²) in [7, 11) is 0. The monoisotopic (exact) mass is 261 g/mol. The number of thiol groups is 1. The third-order valence-electron chi connectivity index (χ3n) is 2.38. The quantitative estimate of drug-likeness (QED) is 0.496. The van der Waals surface area contributed by atoms with Crippen LogP contribution in [-0.4, -0.2) is 16.1 Å². The number of hydrogen-bond acceptors (Lipinski definition) is 4. The number of rotatable bonds is 2. The molecule has 0 aromatic heterocycles. The largest absolute Gasteiger partial charge is 0.507 e. The van der Waals surface area contributed by atoms with E-state index >= 15 is 0 Å². The number of anilines is 1. The summed E-state index contributed by atoms with van der Waals surface area (Å²) >= 11 is 4.12. The van der Waals surface area contributed by atoms with E-state index in [1.165, 1.54) is 24.3 Å². The SMILES string of the molecule is O=C(Nc1cc(S)ccc1O)c1ccccc1O. The zero-order chi connectivity index (χ0) is 13.1. The molecule has 1 amide bonds. The summed E-state index contributed by atoms with van der Waals surface area (Å²) < 4.78 is 0. The molecule has 3 N–H and O–H groups in total. The number of carbonyl (C=O) groups excluding carboxylic acids is 1. The Morgan fingerprint density at radius 1 is 1.06 bits per heavy atom. The van der Waals surface area contributed by atoms with Gasteiger partial charge in [0.2, 0.25) is 0 Å². The molecule has 0 fully saturated rings. The number of amides is 1. The van der Waals surface area contributed by atoms with Crippen molar-refractivity contribution in [3.05, 3.63) is 48.0 Å². The first kappa shape index (κ1) is 12.3. The molecule has 2 aromatic rings. The molecule has 0 bridgehead atoms. The predicted octanol–water partition coefficient (Wildman–Crippen LogP) is 2.64. The summed E-state index contributed by atoms with van der Waals surface area (Å²) in [5, 5.41) is 21.6. The van der Waals surface area contributed by atoms with Crippen LogP contribution in [0.25, 0.3) is 0 Å². The van der Waals surface area contributed by atoms with Crippen molar-refractivity contribution in [2.24, 2.45) is 0 Å². The number of benzene rings is 2. The zero-order valence-corrected chi connectivity index (χ0v) is 10.2. The molecule has 0 saturated heterocycles. The van der Waals surface area contributed by atoms with Gasteiger partial charge in [0.05, 0.1) is 11.3 Å². The molecule has 2 rings (SSSR count). The minimum atomic E-state index is -0.498. The summed E-state index contributed by atoms with van der Waals surface area (Å²) in [5.74, 6) is -0.671. The lowest BCUT2D eigenvalue weighted by Crippen LogP contribution is -2.12. The topological polar surface area (TPSA) is 69.6 Å². The number of nitrogens with one attached hydrogen (secondary N) is 1. The van der Waals surface area contributed by atoms with Crippen molar-refractivity contribution in [3.63, 3.8) is 0 Å². The number of para-hydroxylation sites is 1. The average molecular weight is 261 g/mol. The number of hydrogen-bond donors (Lipinski definition) is 4. The molecule has 5 heteroatoms. The number of carbonyl (C=O) groups is 1. The van der Waals surface area contributed by atoms with Crippen molar-refractivity contribution in [1.82, 2.24) is 0 Å². The lowest BCUT2D eigenvalue weighted by Gasteiger charge is -2.08. The second kappa shape index (κ2) is 5.01. The van der Waals surface area contributed by atoms with Crippen LogP contribution in [-0.2, 0) is 0 Å². The molecule has 4 nitrogen and oxygen atoms in total. The van der Waals surface area contributed by atoms with Gasteiger partial charge in [0, 0.05) is 4.90 Å². The van der Waals surface area contributed by atoms with Gasteiger partial charge in [0.1, 0.15) is 11.5 Å². The van der Waals surface area contributed by atoms with Crippen LogP contribution in [0.2, 0.25) is 0 Å². The van der Waals surface area contributed by atoms with E-state index in [1.807, 2.05) is 0 Å². The van der Waals surface area contributed by atoms with E-state index in [0.717, 1.165) is 0 Å². The van der Waals surface area contributed by atoms with E-state index in [-0.39, 0.29) is 22.7 Å². The highest BCUT2D eigenvalue weighted by molar-refractivity contribution is 7.80. The van der Waals surface area contributed by atoms with Gasteiger partial charge in [-0.15, -0.1) is 12.6 Å². The van der Waals surface area contributed by atoms with E-state index in [1.54, 1.807) is 18.2 Å². The van der Waals surface area contributed by atoms with Crippen LogP contribution in [0.5, 0.6) is 11.5 Å². The summed E-state index contributed by atoms with van der Waals surface area (Å²) in [4.78, 5) is 12.5. The van der Waals surface area contributed by atoms with Crippen molar-refractivity contribution in [3.8, 4) is 11.5 Å². The van der Waals surface area contributed by atoms with Crippen molar-refractivity contribution < 1.29 is 15.0 Å². The van der Waals surface area contributed by atoms with Crippen LogP contribution in [0.15, 0.2) is 47.4 Å². The van der Waals surface area contributed by atoms with Crippen molar-refractivity contribution in [1.29, 1.82) is 0 Å². The molecule has 0 aliphatic carbocycles. The second-order valence-electron chi connectivity index (χ2n) is 3.67. The molecule has 0 spiro atoms. The van der Waals surface area contributed by atoms with Gasteiger partial charge in [-0.1, -0.05) is 12.1 Å². The van der Waals surface area contributed by atoms with Gasteiger partial charge < -0.3 is 15.5 Å². The van der Waals surface area contributed by atoms with Gasteiger partial charge in [-0.3, -0.25) is 4.79 Å². The summed E-state index contributed by atoms with van der Waals surface area (Å²) in [6, 6.07) is 10.7. The fourth-order valence-corrected chi connectivity index (χ4v) is 1.68. The van der Waals surface area contributed by atoms with E-state index in [0.29, 0.717) is 4.90 Å². The van der Waals surface area contributed by atoms with E-state index in [9.17, 15) is 15.0 Å². The van der Waals surface area contributed by atoms with Gasteiger partial charge in [0.15, 0.2) is 0 Å². The first-order chi connectivity index (χ1) is 8.58. The lowest BCUT2D eigenvalue weighted by atomic mass is 10.2. The van der Waals surface area contributed by atoms with Crippen molar-refractivity contribution >= 4 is 24.2 Å². The Morgan fingerprint density at radius 2 is 1.78 bits per heavy atom. The number of aromatic hydroxyl groups is 2. The van der Waals surface area contributed by atoms with Gasteiger partial charge >= 0.3 is 0 Å². The second-order valence-corrected chi connectivity index (χ2v) is 4.19. The fraction of sp³-hybridized carbons (Fsp3) is 0. The fourth-order valence-electron chi connectivity index (χ4n) is 1.48. The smallest absolute Gasteiger partial charge is 0.259 e. The van der Waals surface area contributed by atoms with Gasteiger partial charge in [-0.2, -0.15) is 0 Å². The maximum absolute atomic E-state index is 11.9. The maximum Gasteiger partial charge on any atom is 0.259 e. The van der Waals surface area contributed by atoms with Crippen LogP contribution in [0.3, 0.4) is 0 Å². The Kier molecular flexibility index (Phi) is 3.43. The molecular formula is C13H11NO3S. The van der Waals surface area contributed by atoms with Gasteiger partial charge in [0.25, 0.3) is 5.91 Å². The van der Waals surface area contributed by atoms with Crippen LogP contribution in [0, 0.1) is 0 Å². The molecule has 0 atom stereocenters. The first-order valence-electron chi connectivity index (χ1n) is 5.19. The van der Waals surface area contributed by atoms with E-state index in [4.69, 9.17) is 0 Å². The van der Waals surface area contributed by atoms with E-state index in [2.05, 4.69) is 17.9 Å². The third kappa shape index (κ3) is 2.57. The summed E-state index contributed by atoms with van der Waals surface area (Å²) in [5.41, 5.74) is 0.386. The van der Waals surface area contributed by atoms with Gasteiger partial charge in [-0.05, 0) is 30.3 Å². The number of phenols is 2. The first-order valence-corrected chi connectivity index (χ1v) is 5.64. The lowest BCUT2D eigenvalue weighted by molar-refractivity contribution is 0.102. The molecule has 92 valence electrons. The van der Waals surface area contributed by atoms with Crippen LogP contribution in [0.4, 0.5) is 5.69 Å². The average Bonchev–Trinajstić information content (AvgIpc) is 2.34. The van der Waals surface area contributed by atoms with E-state index < -0.39 is 5.91 Å². The highest BCUT2D eigenvalue weighted by atomic mass is 32.1. The Morgan fingerprint density at radius 3 is 2.50 bits per heavy atom. The zero-order valence-electron chi connectivity index (χ0n) is 9.29. The molecule has 0 radical (unpaired) electrons. The van der Waals surface area contributed by atoms with Crippen LogP contribution >= 0.6 is 12.6 Å². The van der Waals surface area contributed by atoms with Crippen LogP contribution in [0.1, 0.15) is 10.4 Å². The minimum Gasteiger partial charge on any atom is -0.507 e. The van der Waals surface area contributed by atoms with Crippen molar-refractivity contribution in [2.75, 3.05) is 5.32 Å². The molecule has 0 heterocycles. The standard InChI is InChI=1S/C13H11NO3S/c15-11-4-2-1-3-9(11)13(17)14-10-7-8(18)5-6-12(10)16/h1-7,15-16,18H,(H,14,17). The Bertz CT molecular complexity index is 599.